The molecule has 0 radical (unpaired) electrons. The molecule has 1 amide bonds. The van der Waals surface area contributed by atoms with E-state index in [0.717, 1.165) is 12.1 Å². The number of anilines is 1. The van der Waals surface area contributed by atoms with E-state index in [1.807, 2.05) is 0 Å². The van der Waals surface area contributed by atoms with Crippen molar-refractivity contribution in [2.24, 2.45) is 11.8 Å². The lowest BCUT2D eigenvalue weighted by molar-refractivity contribution is 0.102. The first-order valence-electron chi connectivity index (χ1n) is 8.96. The Hall–Kier alpha value is -2.32. The number of aryl methyl sites for hydroxylation is 1. The summed E-state index contributed by atoms with van der Waals surface area (Å²) in [5.74, 6) is 0.298. The number of aromatic nitrogens is 2. The summed E-state index contributed by atoms with van der Waals surface area (Å²) in [6.45, 7) is 7.02. The van der Waals surface area contributed by atoms with E-state index in [2.05, 4.69) is 29.1 Å². The topological polar surface area (TPSA) is 92.3 Å². The zero-order valence-electron chi connectivity index (χ0n) is 15.7. The normalized spacial score (nSPS) is 21.0. The highest BCUT2D eigenvalue weighted by atomic mass is 32.2. The van der Waals surface area contributed by atoms with E-state index in [4.69, 9.17) is 0 Å². The molecule has 1 aromatic heterocycles. The monoisotopic (exact) mass is 388 g/mol. The molecule has 1 aliphatic heterocycles. The third-order valence-electron chi connectivity index (χ3n) is 4.60. The largest absolute Gasteiger partial charge is 0.321 e. The Morgan fingerprint density at radius 1 is 1.07 bits per heavy atom. The maximum absolute atomic E-state index is 12.9. The van der Waals surface area contributed by atoms with Gasteiger partial charge in [0, 0.05) is 25.0 Å². The predicted octanol–water partition coefficient (Wildman–Crippen LogP) is 2.70. The van der Waals surface area contributed by atoms with Gasteiger partial charge in [-0.3, -0.25) is 9.78 Å². The second kappa shape index (κ2) is 7.74. The molecule has 0 saturated carbocycles. The molecule has 2 aromatic rings. The Morgan fingerprint density at radius 3 is 2.26 bits per heavy atom. The van der Waals surface area contributed by atoms with Crippen molar-refractivity contribution in [2.75, 3.05) is 18.4 Å². The van der Waals surface area contributed by atoms with Crippen LogP contribution in [0.5, 0.6) is 0 Å². The fraction of sp³-hybridized carbons (Fsp3) is 0.421. The van der Waals surface area contributed by atoms with Gasteiger partial charge >= 0.3 is 0 Å². The van der Waals surface area contributed by atoms with Crippen molar-refractivity contribution in [1.29, 1.82) is 0 Å². The van der Waals surface area contributed by atoms with Crippen molar-refractivity contribution in [1.82, 2.24) is 14.3 Å². The minimum atomic E-state index is -3.53. The number of nitrogens with one attached hydrogen (secondary N) is 1. The zero-order valence-corrected chi connectivity index (χ0v) is 16.5. The fourth-order valence-electron chi connectivity index (χ4n) is 3.37. The van der Waals surface area contributed by atoms with Crippen LogP contribution in [0.15, 0.2) is 41.6 Å². The highest BCUT2D eigenvalue weighted by molar-refractivity contribution is 7.89. The summed E-state index contributed by atoms with van der Waals surface area (Å²) in [6, 6.07) is 6.22. The molecule has 7 nitrogen and oxygen atoms in total. The van der Waals surface area contributed by atoms with E-state index in [0.29, 0.717) is 30.6 Å². The van der Waals surface area contributed by atoms with E-state index in [9.17, 15) is 13.2 Å². The van der Waals surface area contributed by atoms with Gasteiger partial charge in [0.25, 0.3) is 5.91 Å². The molecule has 1 saturated heterocycles. The van der Waals surface area contributed by atoms with E-state index in [1.165, 1.54) is 24.5 Å². The van der Waals surface area contributed by atoms with Crippen molar-refractivity contribution in [3.8, 4) is 0 Å². The number of carbonyl (C=O) groups excluding carboxylic acids is 1. The van der Waals surface area contributed by atoms with E-state index in [1.54, 1.807) is 23.4 Å². The van der Waals surface area contributed by atoms with Crippen molar-refractivity contribution in [3.63, 3.8) is 0 Å². The summed E-state index contributed by atoms with van der Waals surface area (Å²) >= 11 is 0. The predicted molar refractivity (Wildman–Crippen MR) is 103 cm³/mol. The Kier molecular flexibility index (Phi) is 5.57. The number of piperidine rings is 1. The van der Waals surface area contributed by atoms with Gasteiger partial charge in [-0.05, 0) is 49.4 Å². The zero-order chi connectivity index (χ0) is 19.6. The van der Waals surface area contributed by atoms with Crippen LogP contribution in [0.2, 0.25) is 0 Å². The average molecular weight is 388 g/mol. The maximum Gasteiger partial charge on any atom is 0.275 e. The van der Waals surface area contributed by atoms with Gasteiger partial charge in [-0.25, -0.2) is 13.4 Å². The molecular formula is C19H24N4O3S. The summed E-state index contributed by atoms with van der Waals surface area (Å²) in [6.07, 6.45) is 3.96. The SMILES string of the molecule is Cc1cnc(C(=O)Nc2ccc(S(=O)(=O)N3C[C@@H](C)C[C@H](C)C3)cc2)cn1. The fourth-order valence-corrected chi connectivity index (χ4v) is 5.05. The summed E-state index contributed by atoms with van der Waals surface area (Å²) in [4.78, 5) is 20.5. The van der Waals surface area contributed by atoms with Crippen molar-refractivity contribution >= 4 is 21.6 Å². The number of carbonyl (C=O) groups is 1. The van der Waals surface area contributed by atoms with Crippen LogP contribution >= 0.6 is 0 Å². The first-order chi connectivity index (χ1) is 12.8. The van der Waals surface area contributed by atoms with Crippen LogP contribution < -0.4 is 5.32 Å². The van der Waals surface area contributed by atoms with Crippen molar-refractivity contribution in [2.45, 2.75) is 32.1 Å². The molecule has 0 bridgehead atoms. The summed E-state index contributed by atoms with van der Waals surface area (Å²) in [5, 5.41) is 2.70. The molecule has 144 valence electrons. The van der Waals surface area contributed by atoms with Gasteiger partial charge in [-0.1, -0.05) is 13.8 Å². The standard InChI is InChI=1S/C19H24N4O3S/c1-13-8-14(2)12-23(11-13)27(25,26)17-6-4-16(5-7-17)22-19(24)18-10-20-15(3)9-21-18/h4-7,9-10,13-14H,8,11-12H2,1-3H3,(H,22,24)/t13-,14-/m0/s1. The van der Waals surface area contributed by atoms with Gasteiger partial charge in [-0.15, -0.1) is 0 Å². The van der Waals surface area contributed by atoms with Crippen LogP contribution in [0.25, 0.3) is 0 Å². The lowest BCUT2D eigenvalue weighted by atomic mass is 9.94. The van der Waals surface area contributed by atoms with E-state index >= 15 is 0 Å². The molecule has 2 heterocycles. The molecule has 8 heteroatoms. The third-order valence-corrected chi connectivity index (χ3v) is 6.44. The van der Waals surface area contributed by atoms with Gasteiger partial charge in [0.15, 0.2) is 0 Å². The summed E-state index contributed by atoms with van der Waals surface area (Å²) in [5.41, 5.74) is 1.43. The second-order valence-corrected chi connectivity index (χ2v) is 9.23. The Balaban J connectivity index is 1.72. The van der Waals surface area contributed by atoms with Crippen LogP contribution in [-0.4, -0.2) is 41.7 Å². The van der Waals surface area contributed by atoms with Gasteiger partial charge in [-0.2, -0.15) is 4.31 Å². The van der Waals surface area contributed by atoms with Gasteiger partial charge < -0.3 is 5.32 Å². The number of nitrogens with zero attached hydrogens (tertiary/aromatic N) is 3. The van der Waals surface area contributed by atoms with E-state index in [-0.39, 0.29) is 10.6 Å². The van der Waals surface area contributed by atoms with Gasteiger partial charge in [0.1, 0.15) is 5.69 Å². The summed E-state index contributed by atoms with van der Waals surface area (Å²) < 4.78 is 27.3. The average Bonchev–Trinajstić information content (AvgIpc) is 2.62. The molecule has 3 rings (SSSR count). The molecule has 1 aromatic carbocycles. The number of hydrogen-bond donors (Lipinski definition) is 1. The number of rotatable bonds is 4. The molecule has 1 fully saturated rings. The van der Waals surface area contributed by atoms with Crippen LogP contribution in [0.3, 0.4) is 0 Å². The number of benzene rings is 1. The van der Waals surface area contributed by atoms with Crippen molar-refractivity contribution < 1.29 is 13.2 Å². The lowest BCUT2D eigenvalue weighted by Gasteiger charge is -2.34. The smallest absolute Gasteiger partial charge is 0.275 e. The molecule has 0 aliphatic carbocycles. The Morgan fingerprint density at radius 2 is 1.70 bits per heavy atom. The maximum atomic E-state index is 12.9. The molecule has 1 aliphatic rings. The molecular weight excluding hydrogens is 364 g/mol. The first-order valence-corrected chi connectivity index (χ1v) is 10.4. The number of amides is 1. The van der Waals surface area contributed by atoms with Gasteiger partial charge in [0.2, 0.25) is 10.0 Å². The first kappa shape index (κ1) is 19.4. The minimum absolute atomic E-state index is 0.202. The van der Waals surface area contributed by atoms with Crippen LogP contribution in [0, 0.1) is 18.8 Å². The quantitative estimate of drug-likeness (QED) is 0.869. The Labute approximate surface area is 159 Å². The lowest BCUT2D eigenvalue weighted by Crippen LogP contribution is -2.42. The Bertz CT molecular complexity index is 901. The van der Waals surface area contributed by atoms with Crippen LogP contribution in [0.1, 0.15) is 36.5 Å². The highest BCUT2D eigenvalue weighted by Crippen LogP contribution is 2.27. The van der Waals surface area contributed by atoms with Crippen molar-refractivity contribution in [3.05, 3.63) is 48.0 Å². The molecule has 1 N–H and O–H groups in total. The molecule has 2 atom stereocenters. The number of sulfonamides is 1. The second-order valence-electron chi connectivity index (χ2n) is 7.29. The summed E-state index contributed by atoms with van der Waals surface area (Å²) in [7, 11) is -3.53. The third kappa shape index (κ3) is 4.51. The minimum Gasteiger partial charge on any atom is -0.321 e. The van der Waals surface area contributed by atoms with Gasteiger partial charge in [0.05, 0.1) is 16.8 Å². The number of hydrogen-bond acceptors (Lipinski definition) is 5. The molecule has 27 heavy (non-hydrogen) atoms. The van der Waals surface area contributed by atoms with Crippen LogP contribution in [-0.2, 0) is 10.0 Å². The molecule has 0 unspecified atom stereocenters. The van der Waals surface area contributed by atoms with E-state index < -0.39 is 15.9 Å². The highest BCUT2D eigenvalue weighted by Gasteiger charge is 2.31. The van der Waals surface area contributed by atoms with Crippen LogP contribution in [0.4, 0.5) is 5.69 Å². The molecule has 0 spiro atoms.